The number of sulfone groups is 1. The molecule has 1 heterocycles. The summed E-state index contributed by atoms with van der Waals surface area (Å²) in [7, 11) is -3.33. The fraction of sp³-hybridized carbons (Fsp3) is 0.167. The number of nitrogens with two attached hydrogens (primary N) is 2. The van der Waals surface area contributed by atoms with Crippen molar-refractivity contribution in [2.24, 2.45) is 0 Å². The first kappa shape index (κ1) is 16.1. The topological polar surface area (TPSA) is 112 Å². The zero-order chi connectivity index (χ0) is 15.5. The Balaban J connectivity index is 2.00. The van der Waals surface area contributed by atoms with Crippen molar-refractivity contribution in [1.29, 1.82) is 0 Å². The van der Waals surface area contributed by atoms with Crippen LogP contribution in [0.4, 0.5) is 11.6 Å². The SMILES string of the molecule is Nc1cc(N)nc(SCCS(=O)(=O)c2ccc(Br)cc2)n1. The van der Waals surface area contributed by atoms with Gasteiger partial charge >= 0.3 is 0 Å². The molecule has 0 saturated heterocycles. The number of nitrogens with zero attached hydrogens (tertiary/aromatic N) is 2. The third-order valence-corrected chi connectivity index (χ3v) is 5.87. The summed E-state index contributed by atoms with van der Waals surface area (Å²) in [5, 5.41) is 0.374. The molecule has 112 valence electrons. The number of thioether (sulfide) groups is 1. The fourth-order valence-electron chi connectivity index (χ4n) is 1.53. The summed E-state index contributed by atoms with van der Waals surface area (Å²) in [5.41, 5.74) is 11.1. The van der Waals surface area contributed by atoms with Crippen LogP contribution in [0.2, 0.25) is 0 Å². The Morgan fingerprint density at radius 2 is 1.67 bits per heavy atom. The van der Waals surface area contributed by atoms with Crippen molar-refractivity contribution >= 4 is 49.2 Å². The first-order valence-corrected chi connectivity index (χ1v) is 9.31. The molecule has 0 atom stereocenters. The highest BCUT2D eigenvalue weighted by atomic mass is 79.9. The smallest absolute Gasteiger partial charge is 0.191 e. The summed E-state index contributed by atoms with van der Waals surface area (Å²) in [6.45, 7) is 0. The Morgan fingerprint density at radius 3 is 2.24 bits per heavy atom. The summed E-state index contributed by atoms with van der Waals surface area (Å²) < 4.78 is 25.1. The molecule has 0 radical (unpaired) electrons. The lowest BCUT2D eigenvalue weighted by Crippen LogP contribution is -2.09. The maximum Gasteiger partial charge on any atom is 0.191 e. The van der Waals surface area contributed by atoms with Crippen LogP contribution in [0.5, 0.6) is 0 Å². The Kier molecular flexibility index (Phi) is 5.07. The number of halogens is 1. The average molecular weight is 389 g/mol. The van der Waals surface area contributed by atoms with E-state index < -0.39 is 9.84 Å². The van der Waals surface area contributed by atoms with Crippen LogP contribution >= 0.6 is 27.7 Å². The van der Waals surface area contributed by atoms with Crippen LogP contribution in [0.15, 0.2) is 44.9 Å². The van der Waals surface area contributed by atoms with Crippen molar-refractivity contribution in [3.8, 4) is 0 Å². The third-order valence-electron chi connectivity index (χ3n) is 2.50. The predicted molar refractivity (Wildman–Crippen MR) is 87.8 cm³/mol. The molecular weight excluding hydrogens is 376 g/mol. The van der Waals surface area contributed by atoms with Gasteiger partial charge in [-0.05, 0) is 24.3 Å². The van der Waals surface area contributed by atoms with E-state index in [-0.39, 0.29) is 17.4 Å². The number of nitrogen functional groups attached to an aromatic ring is 2. The minimum absolute atomic E-state index is 0.0165. The average Bonchev–Trinajstić information content (AvgIpc) is 2.37. The number of benzene rings is 1. The third kappa shape index (κ3) is 4.58. The number of anilines is 2. The Morgan fingerprint density at radius 1 is 1.10 bits per heavy atom. The van der Waals surface area contributed by atoms with Gasteiger partial charge in [0.1, 0.15) is 11.6 Å². The Labute approximate surface area is 135 Å². The molecule has 0 saturated carbocycles. The summed E-state index contributed by atoms with van der Waals surface area (Å²) in [6.07, 6.45) is 0. The van der Waals surface area contributed by atoms with E-state index in [0.717, 1.165) is 4.47 Å². The molecule has 0 fully saturated rings. The summed E-state index contributed by atoms with van der Waals surface area (Å²) >= 11 is 4.47. The van der Waals surface area contributed by atoms with Gasteiger partial charge in [-0.1, -0.05) is 27.7 Å². The lowest BCUT2D eigenvalue weighted by Gasteiger charge is -2.05. The number of rotatable bonds is 5. The maximum atomic E-state index is 12.1. The van der Waals surface area contributed by atoms with Gasteiger partial charge in [-0.15, -0.1) is 0 Å². The van der Waals surface area contributed by atoms with Crippen LogP contribution in [0.25, 0.3) is 0 Å². The second-order valence-electron chi connectivity index (χ2n) is 4.12. The molecule has 9 heteroatoms. The van der Waals surface area contributed by atoms with Crippen molar-refractivity contribution in [3.63, 3.8) is 0 Å². The van der Waals surface area contributed by atoms with E-state index >= 15 is 0 Å². The zero-order valence-electron chi connectivity index (χ0n) is 10.9. The highest BCUT2D eigenvalue weighted by Crippen LogP contribution is 2.20. The molecule has 0 spiro atoms. The molecule has 1 aromatic heterocycles. The zero-order valence-corrected chi connectivity index (χ0v) is 14.1. The normalized spacial score (nSPS) is 11.5. The highest BCUT2D eigenvalue weighted by Gasteiger charge is 2.14. The molecule has 1 aromatic carbocycles. The molecule has 0 unspecified atom stereocenters. The van der Waals surface area contributed by atoms with Crippen molar-refractivity contribution in [1.82, 2.24) is 9.97 Å². The molecule has 6 nitrogen and oxygen atoms in total. The van der Waals surface area contributed by atoms with Crippen LogP contribution in [0, 0.1) is 0 Å². The first-order valence-electron chi connectivity index (χ1n) is 5.88. The van der Waals surface area contributed by atoms with Gasteiger partial charge in [0.2, 0.25) is 0 Å². The molecule has 21 heavy (non-hydrogen) atoms. The molecule has 0 bridgehead atoms. The molecule has 2 aromatic rings. The minimum Gasteiger partial charge on any atom is -0.383 e. The molecular formula is C12H13BrN4O2S2. The number of hydrogen-bond acceptors (Lipinski definition) is 7. The van der Waals surface area contributed by atoms with Gasteiger partial charge < -0.3 is 11.5 Å². The van der Waals surface area contributed by atoms with E-state index in [1.54, 1.807) is 24.3 Å². The van der Waals surface area contributed by atoms with E-state index in [0.29, 0.717) is 15.8 Å². The second-order valence-corrected chi connectivity index (χ2v) is 8.21. The van der Waals surface area contributed by atoms with Gasteiger partial charge in [0.05, 0.1) is 10.6 Å². The Hall–Kier alpha value is -1.32. The van der Waals surface area contributed by atoms with Crippen LogP contribution in [0.3, 0.4) is 0 Å². The van der Waals surface area contributed by atoms with E-state index in [9.17, 15) is 8.42 Å². The molecule has 0 aliphatic carbocycles. The standard InChI is InChI=1S/C12H13BrN4O2S2/c13-8-1-3-9(4-2-8)21(18,19)6-5-20-12-16-10(14)7-11(15)17-12/h1-4,7H,5-6H2,(H4,14,15,16,17). The number of hydrogen-bond donors (Lipinski definition) is 2. The molecule has 0 aliphatic rings. The van der Waals surface area contributed by atoms with Gasteiger partial charge in [-0.2, -0.15) is 0 Å². The van der Waals surface area contributed by atoms with E-state index in [4.69, 9.17) is 11.5 Å². The van der Waals surface area contributed by atoms with Crippen LogP contribution in [-0.2, 0) is 9.84 Å². The highest BCUT2D eigenvalue weighted by molar-refractivity contribution is 9.10. The maximum absolute atomic E-state index is 12.1. The number of aromatic nitrogens is 2. The molecule has 0 aliphatic heterocycles. The quantitative estimate of drug-likeness (QED) is 0.594. The lowest BCUT2D eigenvalue weighted by atomic mass is 10.4. The van der Waals surface area contributed by atoms with Crippen LogP contribution < -0.4 is 11.5 Å². The Bertz CT molecular complexity index is 715. The van der Waals surface area contributed by atoms with Gasteiger partial charge in [0.25, 0.3) is 0 Å². The van der Waals surface area contributed by atoms with Crippen LogP contribution in [0.1, 0.15) is 0 Å². The van der Waals surface area contributed by atoms with Crippen molar-refractivity contribution in [2.45, 2.75) is 10.1 Å². The van der Waals surface area contributed by atoms with Gasteiger partial charge in [0.15, 0.2) is 15.0 Å². The van der Waals surface area contributed by atoms with E-state index in [2.05, 4.69) is 25.9 Å². The molecule has 2 rings (SSSR count). The second kappa shape index (κ2) is 6.63. The van der Waals surface area contributed by atoms with E-state index in [1.165, 1.54) is 17.8 Å². The minimum atomic E-state index is -3.33. The summed E-state index contributed by atoms with van der Waals surface area (Å²) in [6, 6.07) is 7.98. The van der Waals surface area contributed by atoms with Gasteiger partial charge in [0, 0.05) is 16.3 Å². The van der Waals surface area contributed by atoms with Crippen molar-refractivity contribution in [3.05, 3.63) is 34.8 Å². The van der Waals surface area contributed by atoms with E-state index in [1.807, 2.05) is 0 Å². The molecule has 0 amide bonds. The first-order chi connectivity index (χ1) is 9.87. The van der Waals surface area contributed by atoms with Gasteiger partial charge in [-0.25, -0.2) is 18.4 Å². The molecule has 4 N–H and O–H groups in total. The fourth-order valence-corrected chi connectivity index (χ4v) is 4.31. The monoisotopic (exact) mass is 388 g/mol. The predicted octanol–water partition coefficient (Wildman–Crippen LogP) is 1.97. The summed E-state index contributed by atoms with van der Waals surface area (Å²) in [4.78, 5) is 8.26. The van der Waals surface area contributed by atoms with Gasteiger partial charge in [-0.3, -0.25) is 0 Å². The lowest BCUT2D eigenvalue weighted by molar-refractivity contribution is 0.597. The summed E-state index contributed by atoms with van der Waals surface area (Å²) in [5.74, 6) is 0.833. The van der Waals surface area contributed by atoms with Crippen LogP contribution in [-0.4, -0.2) is 29.9 Å². The largest absolute Gasteiger partial charge is 0.383 e. The van der Waals surface area contributed by atoms with Crippen molar-refractivity contribution in [2.75, 3.05) is 23.0 Å². The van der Waals surface area contributed by atoms with Crippen molar-refractivity contribution < 1.29 is 8.42 Å².